The van der Waals surface area contributed by atoms with Gasteiger partial charge < -0.3 is 10.6 Å². The van der Waals surface area contributed by atoms with Gasteiger partial charge in [-0.1, -0.05) is 60.2 Å². The molecule has 0 aliphatic heterocycles. The molecule has 0 fully saturated rings. The van der Waals surface area contributed by atoms with Crippen LogP contribution >= 0.6 is 0 Å². The van der Waals surface area contributed by atoms with Gasteiger partial charge in [0.25, 0.3) is 5.91 Å². The molecule has 150 valence electrons. The Morgan fingerprint density at radius 2 is 1.76 bits per heavy atom. The molecule has 2 aromatic carbocycles. The Labute approximate surface area is 170 Å². The summed E-state index contributed by atoms with van der Waals surface area (Å²) in [6.45, 7) is 6.60. The fraction of sp³-hybridized carbons (Fsp3) is 0.261. The molecule has 0 spiro atoms. The first-order chi connectivity index (χ1) is 14.0. The number of nitrogens with zero attached hydrogens (tertiary/aromatic N) is 2. The van der Waals surface area contributed by atoms with Crippen molar-refractivity contribution < 1.29 is 9.59 Å². The number of likely N-dealkylation sites (N-methyl/N-ethyl adjacent to an activating group) is 1. The molecular formula is C23H26N4O2. The minimum absolute atomic E-state index is 0.214. The topological polar surface area (TPSA) is 76.0 Å². The lowest BCUT2D eigenvalue weighted by atomic mass is 10.1. The van der Waals surface area contributed by atoms with Gasteiger partial charge in [-0.2, -0.15) is 5.10 Å². The highest BCUT2D eigenvalue weighted by Gasteiger charge is 2.22. The van der Waals surface area contributed by atoms with Crippen LogP contribution in [0.3, 0.4) is 0 Å². The molecule has 29 heavy (non-hydrogen) atoms. The van der Waals surface area contributed by atoms with Gasteiger partial charge in [0.1, 0.15) is 11.7 Å². The third kappa shape index (κ3) is 5.10. The van der Waals surface area contributed by atoms with Crippen molar-refractivity contribution in [3.05, 3.63) is 77.5 Å². The number of carbonyl (C=O) groups excluding carboxylic acids is 2. The fourth-order valence-electron chi connectivity index (χ4n) is 3.03. The van der Waals surface area contributed by atoms with Gasteiger partial charge in [0, 0.05) is 18.3 Å². The summed E-state index contributed by atoms with van der Waals surface area (Å²) in [5.74, 6) is -0.534. The third-order valence-electron chi connectivity index (χ3n) is 4.61. The molecule has 0 aliphatic carbocycles. The summed E-state index contributed by atoms with van der Waals surface area (Å²) in [6, 6.07) is 17.2. The number of hydrogen-bond donors (Lipinski definition) is 2. The molecule has 0 aliphatic rings. The second-order valence-corrected chi connectivity index (χ2v) is 7.03. The molecule has 1 atom stereocenters. The molecule has 6 heteroatoms. The zero-order valence-corrected chi connectivity index (χ0v) is 17.0. The minimum Gasteiger partial charge on any atom is -0.355 e. The smallest absolute Gasteiger partial charge is 0.255 e. The number of rotatable bonds is 7. The van der Waals surface area contributed by atoms with Crippen molar-refractivity contribution >= 4 is 11.8 Å². The van der Waals surface area contributed by atoms with Crippen LogP contribution in [0.5, 0.6) is 0 Å². The van der Waals surface area contributed by atoms with Crippen LogP contribution in [0.25, 0.3) is 11.3 Å². The number of aryl methyl sites for hydroxylation is 1. The van der Waals surface area contributed by atoms with Gasteiger partial charge >= 0.3 is 0 Å². The zero-order valence-electron chi connectivity index (χ0n) is 17.0. The fourth-order valence-corrected chi connectivity index (χ4v) is 3.03. The van der Waals surface area contributed by atoms with Crippen LogP contribution < -0.4 is 10.6 Å². The summed E-state index contributed by atoms with van der Waals surface area (Å²) in [5, 5.41) is 10.2. The lowest BCUT2D eigenvalue weighted by Gasteiger charge is -2.13. The Bertz CT molecular complexity index is 978. The highest BCUT2D eigenvalue weighted by atomic mass is 16.2. The van der Waals surface area contributed by atoms with Crippen LogP contribution in [0.1, 0.15) is 35.3 Å². The van der Waals surface area contributed by atoms with E-state index in [1.807, 2.05) is 68.4 Å². The van der Waals surface area contributed by atoms with Gasteiger partial charge in [-0.05, 0) is 26.3 Å². The zero-order chi connectivity index (χ0) is 20.8. The van der Waals surface area contributed by atoms with E-state index in [4.69, 9.17) is 0 Å². The maximum atomic E-state index is 12.9. The first-order valence-corrected chi connectivity index (χ1v) is 9.75. The highest BCUT2D eigenvalue weighted by Crippen LogP contribution is 2.23. The van der Waals surface area contributed by atoms with Crippen molar-refractivity contribution in [2.75, 3.05) is 6.54 Å². The predicted molar refractivity (Wildman–Crippen MR) is 114 cm³/mol. The number of carbonyl (C=O) groups is 2. The van der Waals surface area contributed by atoms with Gasteiger partial charge in [-0.3, -0.25) is 14.3 Å². The predicted octanol–water partition coefficient (Wildman–Crippen LogP) is 3.16. The van der Waals surface area contributed by atoms with E-state index in [1.54, 1.807) is 17.8 Å². The number of nitrogens with one attached hydrogen (secondary N) is 2. The monoisotopic (exact) mass is 390 g/mol. The van der Waals surface area contributed by atoms with E-state index in [0.29, 0.717) is 24.3 Å². The number of amides is 2. The summed E-state index contributed by atoms with van der Waals surface area (Å²) in [6.07, 6.45) is 1.74. The number of hydrogen-bond acceptors (Lipinski definition) is 3. The molecule has 0 bridgehead atoms. The molecule has 2 N–H and O–H groups in total. The molecule has 2 amide bonds. The summed E-state index contributed by atoms with van der Waals surface area (Å²) in [4.78, 5) is 24.9. The first kappa shape index (κ1) is 20.3. The van der Waals surface area contributed by atoms with E-state index in [0.717, 1.165) is 16.7 Å². The lowest BCUT2D eigenvalue weighted by Crippen LogP contribution is -2.44. The standard InChI is InChI=1S/C23H26N4O2/c1-4-24-22(28)17(3)25-23(29)20-15-27(14-18-8-6-5-7-9-18)26-21(20)19-12-10-16(2)11-13-19/h5-13,15,17H,4,14H2,1-3H3,(H,24,28)(H,25,29)/t17-/m1/s1. The van der Waals surface area contributed by atoms with E-state index in [9.17, 15) is 9.59 Å². The van der Waals surface area contributed by atoms with Crippen LogP contribution in [0.15, 0.2) is 60.8 Å². The Morgan fingerprint density at radius 1 is 1.07 bits per heavy atom. The third-order valence-corrected chi connectivity index (χ3v) is 4.61. The van der Waals surface area contributed by atoms with Crippen molar-refractivity contribution in [1.29, 1.82) is 0 Å². The normalized spacial score (nSPS) is 11.7. The van der Waals surface area contributed by atoms with Crippen LogP contribution in [-0.2, 0) is 11.3 Å². The van der Waals surface area contributed by atoms with Crippen molar-refractivity contribution in [3.8, 4) is 11.3 Å². The van der Waals surface area contributed by atoms with Crippen molar-refractivity contribution in [3.63, 3.8) is 0 Å². The first-order valence-electron chi connectivity index (χ1n) is 9.75. The second kappa shape index (κ2) is 9.19. The molecular weight excluding hydrogens is 364 g/mol. The molecule has 3 rings (SSSR count). The molecule has 0 unspecified atom stereocenters. The second-order valence-electron chi connectivity index (χ2n) is 7.03. The van der Waals surface area contributed by atoms with E-state index in [-0.39, 0.29) is 11.8 Å². The van der Waals surface area contributed by atoms with Crippen molar-refractivity contribution in [2.45, 2.75) is 33.4 Å². The molecule has 0 saturated heterocycles. The van der Waals surface area contributed by atoms with Crippen LogP contribution in [0.2, 0.25) is 0 Å². The van der Waals surface area contributed by atoms with Crippen molar-refractivity contribution in [2.24, 2.45) is 0 Å². The molecule has 0 saturated carbocycles. The lowest BCUT2D eigenvalue weighted by molar-refractivity contribution is -0.122. The molecule has 1 heterocycles. The highest BCUT2D eigenvalue weighted by molar-refractivity contribution is 6.01. The SMILES string of the molecule is CCNC(=O)[C@@H](C)NC(=O)c1cn(Cc2ccccc2)nc1-c1ccc(C)cc1. The van der Waals surface area contributed by atoms with Crippen LogP contribution in [0.4, 0.5) is 0 Å². The van der Waals surface area contributed by atoms with Gasteiger partial charge in [0.15, 0.2) is 0 Å². The minimum atomic E-state index is -0.634. The van der Waals surface area contributed by atoms with E-state index < -0.39 is 6.04 Å². The van der Waals surface area contributed by atoms with Crippen LogP contribution in [0, 0.1) is 6.92 Å². The van der Waals surface area contributed by atoms with Crippen molar-refractivity contribution in [1.82, 2.24) is 20.4 Å². The molecule has 1 aromatic heterocycles. The molecule has 6 nitrogen and oxygen atoms in total. The van der Waals surface area contributed by atoms with E-state index in [2.05, 4.69) is 15.7 Å². The van der Waals surface area contributed by atoms with Gasteiger partial charge in [0.2, 0.25) is 5.91 Å². The summed E-state index contributed by atoms with van der Waals surface area (Å²) < 4.78 is 1.76. The van der Waals surface area contributed by atoms with E-state index in [1.165, 1.54) is 0 Å². The Kier molecular flexibility index (Phi) is 6.44. The van der Waals surface area contributed by atoms with Crippen LogP contribution in [-0.4, -0.2) is 34.2 Å². The maximum Gasteiger partial charge on any atom is 0.255 e. The summed E-state index contributed by atoms with van der Waals surface area (Å²) in [7, 11) is 0. The number of benzene rings is 2. The average molecular weight is 390 g/mol. The quantitative estimate of drug-likeness (QED) is 0.651. The molecule has 0 radical (unpaired) electrons. The Hall–Kier alpha value is -3.41. The Balaban J connectivity index is 1.91. The maximum absolute atomic E-state index is 12.9. The summed E-state index contributed by atoms with van der Waals surface area (Å²) in [5.41, 5.74) is 4.13. The molecule has 3 aromatic rings. The van der Waals surface area contributed by atoms with Gasteiger partial charge in [0.05, 0.1) is 12.1 Å². The largest absolute Gasteiger partial charge is 0.355 e. The van der Waals surface area contributed by atoms with Gasteiger partial charge in [-0.15, -0.1) is 0 Å². The van der Waals surface area contributed by atoms with E-state index >= 15 is 0 Å². The van der Waals surface area contributed by atoms with Gasteiger partial charge in [-0.25, -0.2) is 0 Å². The summed E-state index contributed by atoms with van der Waals surface area (Å²) >= 11 is 0. The Morgan fingerprint density at radius 3 is 2.41 bits per heavy atom. The number of aromatic nitrogens is 2. The average Bonchev–Trinajstić information content (AvgIpc) is 3.13.